The minimum atomic E-state index is -0.530. The molecule has 0 aliphatic rings. The van der Waals surface area contributed by atoms with Crippen molar-refractivity contribution >= 4 is 17.5 Å². The van der Waals surface area contributed by atoms with Crippen LogP contribution < -0.4 is 10.6 Å². The molecule has 2 N–H and O–H groups in total. The van der Waals surface area contributed by atoms with E-state index in [9.17, 15) is 14.0 Å². The number of nitrogens with one attached hydrogen (secondary N) is 2. The Hall–Kier alpha value is -3.41. The van der Waals surface area contributed by atoms with E-state index in [0.717, 1.165) is 0 Å². The molecule has 26 heavy (non-hydrogen) atoms. The van der Waals surface area contributed by atoms with Crippen molar-refractivity contribution in [3.05, 3.63) is 89.6 Å². The molecule has 0 saturated heterocycles. The molecule has 0 spiro atoms. The Labute approximate surface area is 149 Å². The Bertz CT molecular complexity index is 922. The van der Waals surface area contributed by atoms with Crippen LogP contribution in [-0.2, 0) is 0 Å². The number of para-hydroxylation sites is 1. The first-order valence-corrected chi connectivity index (χ1v) is 8.05. The number of carbonyl (C=O) groups is 2. The smallest absolute Gasteiger partial charge is 0.291 e. The number of hydrogen-bond acceptors (Lipinski definition) is 3. The van der Waals surface area contributed by atoms with Gasteiger partial charge in [-0.25, -0.2) is 4.39 Å². The van der Waals surface area contributed by atoms with Gasteiger partial charge in [0.2, 0.25) is 0 Å². The van der Waals surface area contributed by atoms with E-state index in [1.54, 1.807) is 55.5 Å². The fourth-order valence-corrected chi connectivity index (χ4v) is 2.56. The minimum absolute atomic E-state index is 0.139. The number of hydrogen-bond donors (Lipinski definition) is 2. The van der Waals surface area contributed by atoms with E-state index >= 15 is 0 Å². The molecule has 2 aromatic carbocycles. The summed E-state index contributed by atoms with van der Waals surface area (Å²) in [5.41, 5.74) is 1.00. The first kappa shape index (κ1) is 17.4. The second kappa shape index (κ2) is 7.65. The molecular weight excluding hydrogens is 335 g/mol. The maximum atomic E-state index is 13.9. The van der Waals surface area contributed by atoms with E-state index in [0.29, 0.717) is 11.3 Å². The van der Waals surface area contributed by atoms with Crippen LogP contribution in [0.4, 0.5) is 10.1 Å². The van der Waals surface area contributed by atoms with E-state index in [1.165, 1.54) is 18.4 Å². The molecular formula is C20H17FN2O3. The molecule has 2 amide bonds. The lowest BCUT2D eigenvalue weighted by Gasteiger charge is -2.16. The number of anilines is 1. The molecule has 0 fully saturated rings. The van der Waals surface area contributed by atoms with Gasteiger partial charge in [0.05, 0.1) is 23.6 Å². The second-order valence-corrected chi connectivity index (χ2v) is 5.69. The molecule has 1 heterocycles. The van der Waals surface area contributed by atoms with Gasteiger partial charge >= 0.3 is 0 Å². The van der Waals surface area contributed by atoms with Crippen molar-refractivity contribution in [3.63, 3.8) is 0 Å². The molecule has 1 atom stereocenters. The highest BCUT2D eigenvalue weighted by atomic mass is 19.1. The summed E-state index contributed by atoms with van der Waals surface area (Å²) in [6, 6.07) is 15.4. The fourth-order valence-electron chi connectivity index (χ4n) is 2.56. The largest absolute Gasteiger partial charge is 0.459 e. The summed E-state index contributed by atoms with van der Waals surface area (Å²) in [4.78, 5) is 24.8. The van der Waals surface area contributed by atoms with Crippen molar-refractivity contribution < 1.29 is 18.4 Å². The van der Waals surface area contributed by atoms with E-state index in [1.807, 2.05) is 0 Å². The number of benzene rings is 2. The first-order chi connectivity index (χ1) is 12.6. The zero-order valence-electron chi connectivity index (χ0n) is 14.0. The predicted octanol–water partition coefficient (Wildman–Crippen LogP) is 4.16. The van der Waals surface area contributed by atoms with Crippen molar-refractivity contribution in [2.75, 3.05) is 5.32 Å². The molecule has 132 valence electrons. The Kier molecular flexibility index (Phi) is 5.12. The third-order valence-electron chi connectivity index (χ3n) is 3.88. The fraction of sp³-hybridized carbons (Fsp3) is 0.100. The highest BCUT2D eigenvalue weighted by Gasteiger charge is 2.18. The monoisotopic (exact) mass is 352 g/mol. The van der Waals surface area contributed by atoms with E-state index in [-0.39, 0.29) is 17.1 Å². The molecule has 0 aliphatic carbocycles. The van der Waals surface area contributed by atoms with Gasteiger partial charge in [-0.05, 0) is 37.3 Å². The zero-order chi connectivity index (χ0) is 18.5. The molecule has 0 radical (unpaired) electrons. The summed E-state index contributed by atoms with van der Waals surface area (Å²) in [7, 11) is 0. The number of carbonyl (C=O) groups excluding carboxylic acids is 2. The van der Waals surface area contributed by atoms with Gasteiger partial charge < -0.3 is 15.1 Å². The molecule has 1 unspecified atom stereocenters. The molecule has 0 saturated carbocycles. The number of rotatable bonds is 5. The third kappa shape index (κ3) is 3.80. The molecule has 1 aromatic heterocycles. The normalized spacial score (nSPS) is 11.6. The molecule has 6 heteroatoms. The van der Waals surface area contributed by atoms with Crippen LogP contribution >= 0.6 is 0 Å². The summed E-state index contributed by atoms with van der Waals surface area (Å²) in [5, 5.41) is 5.40. The van der Waals surface area contributed by atoms with Gasteiger partial charge in [0, 0.05) is 5.56 Å². The summed E-state index contributed by atoms with van der Waals surface area (Å²) in [5.74, 6) is -1.13. The standard InChI is InChI=1S/C20H17FN2O3/c1-13(14-7-2-4-9-16(14)21)22-19(24)15-8-3-5-10-17(15)23-20(25)18-11-6-12-26-18/h2-13H,1H3,(H,22,24)(H,23,25). The summed E-state index contributed by atoms with van der Waals surface area (Å²) in [6.45, 7) is 1.69. The maximum absolute atomic E-state index is 13.9. The lowest BCUT2D eigenvalue weighted by atomic mass is 10.1. The van der Waals surface area contributed by atoms with Crippen LogP contribution in [0.25, 0.3) is 0 Å². The summed E-state index contributed by atoms with van der Waals surface area (Å²) < 4.78 is 18.9. The van der Waals surface area contributed by atoms with Crippen molar-refractivity contribution in [3.8, 4) is 0 Å². The van der Waals surface area contributed by atoms with Crippen molar-refractivity contribution in [1.82, 2.24) is 5.32 Å². The molecule has 0 aliphatic heterocycles. The molecule has 0 bridgehead atoms. The Morgan fingerprint density at radius 1 is 0.962 bits per heavy atom. The lowest BCUT2D eigenvalue weighted by molar-refractivity contribution is 0.0940. The average Bonchev–Trinajstić information content (AvgIpc) is 3.17. The maximum Gasteiger partial charge on any atom is 0.291 e. The SMILES string of the molecule is CC(NC(=O)c1ccccc1NC(=O)c1ccco1)c1ccccc1F. The topological polar surface area (TPSA) is 71.3 Å². The van der Waals surface area contributed by atoms with Crippen LogP contribution in [-0.4, -0.2) is 11.8 Å². The molecule has 5 nitrogen and oxygen atoms in total. The van der Waals surface area contributed by atoms with Gasteiger partial charge in [-0.3, -0.25) is 9.59 Å². The number of halogens is 1. The van der Waals surface area contributed by atoms with Gasteiger partial charge in [0.1, 0.15) is 5.82 Å². The molecule has 3 aromatic rings. The van der Waals surface area contributed by atoms with Gasteiger partial charge in [-0.15, -0.1) is 0 Å². The van der Waals surface area contributed by atoms with Crippen molar-refractivity contribution in [2.45, 2.75) is 13.0 Å². The van der Waals surface area contributed by atoms with Crippen LogP contribution in [0.5, 0.6) is 0 Å². The van der Waals surface area contributed by atoms with Crippen molar-refractivity contribution in [1.29, 1.82) is 0 Å². The van der Waals surface area contributed by atoms with Gasteiger partial charge in [0.25, 0.3) is 11.8 Å². The number of furan rings is 1. The Morgan fingerprint density at radius 2 is 1.69 bits per heavy atom. The van der Waals surface area contributed by atoms with Crippen LogP contribution in [0, 0.1) is 5.82 Å². The predicted molar refractivity (Wildman–Crippen MR) is 95.4 cm³/mol. The van der Waals surface area contributed by atoms with Gasteiger partial charge in [-0.1, -0.05) is 30.3 Å². The molecule has 3 rings (SSSR count). The third-order valence-corrected chi connectivity index (χ3v) is 3.88. The highest BCUT2D eigenvalue weighted by Crippen LogP contribution is 2.20. The lowest BCUT2D eigenvalue weighted by Crippen LogP contribution is -2.28. The highest BCUT2D eigenvalue weighted by molar-refractivity contribution is 6.07. The first-order valence-electron chi connectivity index (χ1n) is 8.05. The summed E-state index contributed by atoms with van der Waals surface area (Å²) >= 11 is 0. The van der Waals surface area contributed by atoms with Crippen molar-refractivity contribution in [2.24, 2.45) is 0 Å². The number of amides is 2. The van der Waals surface area contributed by atoms with E-state index < -0.39 is 17.9 Å². The van der Waals surface area contributed by atoms with Crippen LogP contribution in [0.1, 0.15) is 39.4 Å². The van der Waals surface area contributed by atoms with E-state index in [2.05, 4.69) is 10.6 Å². The Balaban J connectivity index is 1.77. The minimum Gasteiger partial charge on any atom is -0.459 e. The van der Waals surface area contributed by atoms with Gasteiger partial charge in [0.15, 0.2) is 5.76 Å². The van der Waals surface area contributed by atoms with Crippen LogP contribution in [0.3, 0.4) is 0 Å². The average molecular weight is 352 g/mol. The van der Waals surface area contributed by atoms with Crippen LogP contribution in [0.15, 0.2) is 71.3 Å². The van der Waals surface area contributed by atoms with Crippen LogP contribution in [0.2, 0.25) is 0 Å². The van der Waals surface area contributed by atoms with E-state index in [4.69, 9.17) is 4.42 Å². The Morgan fingerprint density at radius 3 is 2.42 bits per heavy atom. The zero-order valence-corrected chi connectivity index (χ0v) is 14.0. The summed E-state index contributed by atoms with van der Waals surface area (Å²) in [6.07, 6.45) is 1.39. The second-order valence-electron chi connectivity index (χ2n) is 5.69. The quantitative estimate of drug-likeness (QED) is 0.724. The van der Waals surface area contributed by atoms with Gasteiger partial charge in [-0.2, -0.15) is 0 Å².